The van der Waals surface area contributed by atoms with Gasteiger partial charge in [0.05, 0.1) is 11.0 Å². The maximum atomic E-state index is 6.24. The Hall–Kier alpha value is -2.04. The van der Waals surface area contributed by atoms with Crippen LogP contribution in [-0.4, -0.2) is 34.1 Å². The highest BCUT2D eigenvalue weighted by atomic mass is 35.5. The highest BCUT2D eigenvalue weighted by Gasteiger charge is 2.13. The predicted molar refractivity (Wildman–Crippen MR) is 113 cm³/mol. The molecule has 0 fully saturated rings. The second-order valence-electron chi connectivity index (χ2n) is 6.90. The number of halogens is 1. The fourth-order valence-electron chi connectivity index (χ4n) is 3.39. The van der Waals surface area contributed by atoms with E-state index in [1.165, 1.54) is 5.56 Å². The van der Waals surface area contributed by atoms with E-state index in [-0.39, 0.29) is 0 Å². The minimum atomic E-state index is 0.439. The van der Waals surface area contributed by atoms with Crippen LogP contribution in [0.2, 0.25) is 5.02 Å². The summed E-state index contributed by atoms with van der Waals surface area (Å²) in [6.45, 7) is 12.9. The molecule has 0 N–H and O–H groups in total. The van der Waals surface area contributed by atoms with Gasteiger partial charge in [-0.2, -0.15) is 0 Å². The summed E-state index contributed by atoms with van der Waals surface area (Å²) in [4.78, 5) is 7.21. The van der Waals surface area contributed by atoms with Crippen LogP contribution in [0.5, 0.6) is 5.75 Å². The van der Waals surface area contributed by atoms with Crippen molar-refractivity contribution in [3.63, 3.8) is 0 Å². The van der Waals surface area contributed by atoms with Gasteiger partial charge < -0.3 is 14.2 Å². The van der Waals surface area contributed by atoms with Crippen LogP contribution in [0.3, 0.4) is 0 Å². The molecule has 144 valence electrons. The summed E-state index contributed by atoms with van der Waals surface area (Å²) in [5.41, 5.74) is 4.40. The number of aryl methyl sites for hydroxylation is 2. The standard InChI is InChI=1S/C22H28ClN3O/c1-5-25(6-2)11-12-26-20-14-18(23)8-9-19(20)24-22(26)15-27-21-10-7-16(3)13-17(21)4/h7-10,13-14H,5-6,11-12,15H2,1-4H3. The number of ether oxygens (including phenoxy) is 1. The summed E-state index contributed by atoms with van der Waals surface area (Å²) in [6, 6.07) is 12.1. The molecular weight excluding hydrogens is 358 g/mol. The third-order valence-electron chi connectivity index (χ3n) is 5.01. The zero-order chi connectivity index (χ0) is 19.4. The molecule has 1 heterocycles. The van der Waals surface area contributed by atoms with E-state index in [1.807, 2.05) is 24.3 Å². The first-order valence-electron chi connectivity index (χ1n) is 9.58. The van der Waals surface area contributed by atoms with Crippen LogP contribution < -0.4 is 4.74 Å². The largest absolute Gasteiger partial charge is 0.485 e. The topological polar surface area (TPSA) is 30.3 Å². The van der Waals surface area contributed by atoms with Gasteiger partial charge in [-0.3, -0.25) is 0 Å². The number of hydrogen-bond acceptors (Lipinski definition) is 3. The van der Waals surface area contributed by atoms with Gasteiger partial charge in [0, 0.05) is 18.1 Å². The molecule has 0 spiro atoms. The predicted octanol–water partition coefficient (Wildman–Crippen LogP) is 5.23. The summed E-state index contributed by atoms with van der Waals surface area (Å²) in [7, 11) is 0. The van der Waals surface area contributed by atoms with Crippen LogP contribution in [0.15, 0.2) is 36.4 Å². The van der Waals surface area contributed by atoms with Crippen molar-refractivity contribution in [2.24, 2.45) is 0 Å². The van der Waals surface area contributed by atoms with E-state index in [1.54, 1.807) is 0 Å². The number of nitrogens with zero attached hydrogens (tertiary/aromatic N) is 3. The van der Waals surface area contributed by atoms with Crippen molar-refractivity contribution in [2.75, 3.05) is 19.6 Å². The van der Waals surface area contributed by atoms with Crippen LogP contribution in [-0.2, 0) is 13.2 Å². The molecule has 0 aliphatic carbocycles. The number of rotatable bonds is 8. The summed E-state index contributed by atoms with van der Waals surface area (Å²) in [5, 5.41) is 0.730. The lowest BCUT2D eigenvalue weighted by Gasteiger charge is -2.19. The Labute approximate surface area is 166 Å². The number of fused-ring (bicyclic) bond motifs is 1. The molecule has 27 heavy (non-hydrogen) atoms. The molecular formula is C22H28ClN3O. The molecule has 3 rings (SSSR count). The first-order valence-corrected chi connectivity index (χ1v) is 9.96. The molecule has 3 aromatic rings. The summed E-state index contributed by atoms with van der Waals surface area (Å²) < 4.78 is 8.35. The molecule has 1 aromatic heterocycles. The maximum Gasteiger partial charge on any atom is 0.148 e. The van der Waals surface area contributed by atoms with Crippen molar-refractivity contribution in [1.82, 2.24) is 14.5 Å². The Morgan fingerprint density at radius 2 is 1.85 bits per heavy atom. The summed E-state index contributed by atoms with van der Waals surface area (Å²) in [6.07, 6.45) is 0. The highest BCUT2D eigenvalue weighted by Crippen LogP contribution is 2.24. The van der Waals surface area contributed by atoms with Crippen molar-refractivity contribution in [1.29, 1.82) is 0 Å². The average Bonchev–Trinajstić information content (AvgIpc) is 2.99. The van der Waals surface area contributed by atoms with Crippen molar-refractivity contribution in [2.45, 2.75) is 40.8 Å². The van der Waals surface area contributed by atoms with Crippen molar-refractivity contribution in [3.05, 3.63) is 58.4 Å². The average molecular weight is 386 g/mol. The number of aromatic nitrogens is 2. The molecule has 0 amide bonds. The zero-order valence-electron chi connectivity index (χ0n) is 16.6. The van der Waals surface area contributed by atoms with Crippen LogP contribution in [0.1, 0.15) is 30.8 Å². The lowest BCUT2D eigenvalue weighted by Crippen LogP contribution is -2.27. The van der Waals surface area contributed by atoms with Gasteiger partial charge in [0.25, 0.3) is 0 Å². The van der Waals surface area contributed by atoms with Gasteiger partial charge in [-0.1, -0.05) is 43.1 Å². The number of imidazole rings is 1. The second kappa shape index (κ2) is 8.77. The van der Waals surface area contributed by atoms with E-state index < -0.39 is 0 Å². The van der Waals surface area contributed by atoms with Gasteiger partial charge in [0.1, 0.15) is 18.2 Å². The van der Waals surface area contributed by atoms with Gasteiger partial charge >= 0.3 is 0 Å². The van der Waals surface area contributed by atoms with Gasteiger partial charge in [0.2, 0.25) is 0 Å². The van der Waals surface area contributed by atoms with E-state index in [4.69, 9.17) is 21.3 Å². The molecule has 0 saturated heterocycles. The van der Waals surface area contributed by atoms with Crippen LogP contribution in [0.4, 0.5) is 0 Å². The minimum absolute atomic E-state index is 0.439. The molecule has 0 unspecified atom stereocenters. The first kappa shape index (κ1) is 19.7. The SMILES string of the molecule is CCN(CC)CCn1c(COc2ccc(C)cc2C)nc2ccc(Cl)cc21. The molecule has 0 saturated carbocycles. The lowest BCUT2D eigenvalue weighted by atomic mass is 10.1. The van der Waals surface area contributed by atoms with Gasteiger partial charge in [-0.05, 0) is 56.8 Å². The zero-order valence-corrected chi connectivity index (χ0v) is 17.4. The Balaban J connectivity index is 1.87. The monoisotopic (exact) mass is 385 g/mol. The molecule has 2 aromatic carbocycles. The molecule has 0 atom stereocenters. The lowest BCUT2D eigenvalue weighted by molar-refractivity contribution is 0.270. The first-order chi connectivity index (χ1) is 13.0. The van der Waals surface area contributed by atoms with E-state index in [2.05, 4.69) is 49.3 Å². The van der Waals surface area contributed by atoms with E-state index in [0.717, 1.165) is 59.4 Å². The fraction of sp³-hybridized carbons (Fsp3) is 0.409. The van der Waals surface area contributed by atoms with E-state index in [9.17, 15) is 0 Å². The number of benzene rings is 2. The Morgan fingerprint density at radius 3 is 2.56 bits per heavy atom. The quantitative estimate of drug-likeness (QED) is 0.532. The molecule has 4 nitrogen and oxygen atoms in total. The molecule has 0 aliphatic rings. The molecule has 0 radical (unpaired) electrons. The molecule has 0 bridgehead atoms. The Kier molecular flexibility index (Phi) is 6.40. The minimum Gasteiger partial charge on any atom is -0.485 e. The third-order valence-corrected chi connectivity index (χ3v) is 5.25. The fourth-order valence-corrected chi connectivity index (χ4v) is 3.56. The molecule has 5 heteroatoms. The third kappa shape index (κ3) is 4.63. The van der Waals surface area contributed by atoms with E-state index in [0.29, 0.717) is 6.61 Å². The highest BCUT2D eigenvalue weighted by molar-refractivity contribution is 6.31. The smallest absolute Gasteiger partial charge is 0.148 e. The van der Waals surface area contributed by atoms with Crippen LogP contribution in [0, 0.1) is 13.8 Å². The van der Waals surface area contributed by atoms with E-state index >= 15 is 0 Å². The van der Waals surface area contributed by atoms with Gasteiger partial charge in [-0.25, -0.2) is 4.98 Å². The van der Waals surface area contributed by atoms with Crippen LogP contribution in [0.25, 0.3) is 11.0 Å². The summed E-state index contributed by atoms with van der Waals surface area (Å²) in [5.74, 6) is 1.83. The maximum absolute atomic E-state index is 6.24. The summed E-state index contributed by atoms with van der Waals surface area (Å²) >= 11 is 6.24. The molecule has 0 aliphatic heterocycles. The number of likely N-dealkylation sites (N-methyl/N-ethyl adjacent to an activating group) is 1. The Morgan fingerprint density at radius 1 is 1.07 bits per heavy atom. The van der Waals surface area contributed by atoms with Crippen molar-refractivity contribution in [3.8, 4) is 5.75 Å². The number of hydrogen-bond donors (Lipinski definition) is 0. The Bertz CT molecular complexity index is 915. The van der Waals surface area contributed by atoms with Gasteiger partial charge in [0.15, 0.2) is 0 Å². The van der Waals surface area contributed by atoms with Crippen molar-refractivity contribution < 1.29 is 4.74 Å². The van der Waals surface area contributed by atoms with Gasteiger partial charge in [-0.15, -0.1) is 0 Å². The second-order valence-corrected chi connectivity index (χ2v) is 7.33. The normalized spacial score (nSPS) is 11.5. The van der Waals surface area contributed by atoms with Crippen molar-refractivity contribution >= 4 is 22.6 Å². The van der Waals surface area contributed by atoms with Crippen LogP contribution >= 0.6 is 11.6 Å².